The van der Waals surface area contributed by atoms with E-state index >= 15 is 0 Å². The van der Waals surface area contributed by atoms with Crippen LogP contribution in [-0.2, 0) is 9.22 Å². The van der Waals surface area contributed by atoms with E-state index in [1.165, 1.54) is 13.5 Å². The predicted molar refractivity (Wildman–Crippen MR) is 151 cm³/mol. The molecule has 3 aromatic rings. The highest BCUT2D eigenvalue weighted by molar-refractivity contribution is 7.94. The summed E-state index contributed by atoms with van der Waals surface area (Å²) >= 11 is 1.16. The summed E-state index contributed by atoms with van der Waals surface area (Å²) in [5.74, 6) is 2.55. The van der Waals surface area contributed by atoms with Gasteiger partial charge >= 0.3 is 0 Å². The van der Waals surface area contributed by atoms with Crippen LogP contribution in [-0.4, -0.2) is 42.9 Å². The molecule has 2 aliphatic heterocycles. The van der Waals surface area contributed by atoms with E-state index in [0.29, 0.717) is 12.6 Å². The van der Waals surface area contributed by atoms with Gasteiger partial charge in [-0.2, -0.15) is 4.33 Å². The van der Waals surface area contributed by atoms with E-state index in [1.54, 1.807) is 12.1 Å². The molecule has 1 N–H and O–H groups in total. The maximum absolute atomic E-state index is 10.2. The van der Waals surface area contributed by atoms with Gasteiger partial charge < -0.3 is 14.6 Å². The molecule has 1 fully saturated rings. The average molecular weight is 534 g/mol. The van der Waals surface area contributed by atoms with Crippen molar-refractivity contribution in [1.82, 2.24) is 4.90 Å². The fourth-order valence-electron chi connectivity index (χ4n) is 5.28. The van der Waals surface area contributed by atoms with Gasteiger partial charge in [-0.05, 0) is 85.8 Å². The van der Waals surface area contributed by atoms with Crippen LogP contribution >= 0.6 is 12.0 Å². The number of nitrogens with zero attached hydrogens (tertiary/aromatic N) is 1. The molecule has 5 rings (SSSR count). The minimum atomic E-state index is -0.351. The normalized spacial score (nSPS) is 20.2. The molecule has 6 nitrogen and oxygen atoms in total. The summed E-state index contributed by atoms with van der Waals surface area (Å²) in [5.41, 5.74) is 4.91. The Kier molecular flexibility index (Phi) is 8.29. The Morgan fingerprint density at radius 1 is 1.08 bits per heavy atom. The molecule has 0 aromatic heterocycles. The van der Waals surface area contributed by atoms with Crippen molar-refractivity contribution in [3.05, 3.63) is 83.4 Å². The van der Waals surface area contributed by atoms with Crippen molar-refractivity contribution in [2.24, 2.45) is 5.92 Å². The quantitative estimate of drug-likeness (QED) is 0.178. The van der Waals surface area contributed by atoms with Gasteiger partial charge in [0.2, 0.25) is 0 Å². The van der Waals surface area contributed by atoms with E-state index in [9.17, 15) is 5.11 Å². The van der Waals surface area contributed by atoms with Crippen LogP contribution in [0.3, 0.4) is 0 Å². The maximum atomic E-state index is 10.2. The summed E-state index contributed by atoms with van der Waals surface area (Å²) in [6, 6.07) is 21.8. The van der Waals surface area contributed by atoms with Crippen LogP contribution in [0.2, 0.25) is 0 Å². The van der Waals surface area contributed by atoms with E-state index in [1.807, 2.05) is 36.4 Å². The molecular weight excluding hydrogens is 498 g/mol. The second-order valence-electron chi connectivity index (χ2n) is 10.1. The number of ether oxygens (including phenoxy) is 2. The van der Waals surface area contributed by atoms with E-state index in [4.69, 9.17) is 18.7 Å². The molecule has 38 heavy (non-hydrogen) atoms. The monoisotopic (exact) mass is 533 g/mol. The first-order chi connectivity index (χ1) is 18.4. The molecule has 0 spiro atoms. The Morgan fingerprint density at radius 3 is 2.61 bits per heavy atom. The molecule has 0 bridgehead atoms. The van der Waals surface area contributed by atoms with Gasteiger partial charge in [-0.1, -0.05) is 37.3 Å². The molecule has 1 saturated heterocycles. The standard InChI is InChI=1S/C31H35NO5S/c1-20-15-16-32(18-20)21(2)19-35-25-12-9-23(10-13-25)31-30(26-7-5-6-8-29(26)38-37-34-4)22(3)27-17-24(33)11-14-28(27)36-31/h5-14,17,20-21,31,33H,15-16,18-19H2,1-4H3. The van der Waals surface area contributed by atoms with Gasteiger partial charge in [0.1, 0.15) is 30.0 Å². The van der Waals surface area contributed by atoms with Gasteiger partial charge in [-0.15, -0.1) is 0 Å². The van der Waals surface area contributed by atoms with Gasteiger partial charge in [0, 0.05) is 28.6 Å². The average Bonchev–Trinajstić information content (AvgIpc) is 3.38. The molecule has 0 radical (unpaired) electrons. The van der Waals surface area contributed by atoms with Crippen LogP contribution < -0.4 is 9.47 Å². The lowest BCUT2D eigenvalue weighted by Gasteiger charge is -2.32. The van der Waals surface area contributed by atoms with Crippen molar-refractivity contribution in [3.63, 3.8) is 0 Å². The highest BCUT2D eigenvalue weighted by atomic mass is 32.2. The van der Waals surface area contributed by atoms with Crippen molar-refractivity contribution in [2.45, 2.75) is 44.2 Å². The zero-order chi connectivity index (χ0) is 26.6. The Labute approximate surface area is 229 Å². The van der Waals surface area contributed by atoms with Crippen LogP contribution in [0.5, 0.6) is 17.2 Å². The van der Waals surface area contributed by atoms with Crippen LogP contribution in [0.15, 0.2) is 71.6 Å². The molecule has 0 aliphatic carbocycles. The molecule has 3 unspecified atom stereocenters. The Hall–Kier alpha value is -2.97. The van der Waals surface area contributed by atoms with Crippen LogP contribution in [0.1, 0.15) is 50.0 Å². The van der Waals surface area contributed by atoms with Gasteiger partial charge in [0.05, 0.1) is 19.2 Å². The lowest BCUT2D eigenvalue weighted by molar-refractivity contribution is -0.160. The Morgan fingerprint density at radius 2 is 1.87 bits per heavy atom. The molecule has 3 atom stereocenters. The number of hydrogen-bond donors (Lipinski definition) is 1. The summed E-state index contributed by atoms with van der Waals surface area (Å²) in [6.07, 6.45) is 0.910. The summed E-state index contributed by atoms with van der Waals surface area (Å²) in [7, 11) is 1.49. The van der Waals surface area contributed by atoms with Gasteiger partial charge in [0.15, 0.2) is 0 Å². The highest BCUT2D eigenvalue weighted by Gasteiger charge is 2.31. The first kappa shape index (κ1) is 26.6. The molecule has 2 aliphatic rings. The van der Waals surface area contributed by atoms with E-state index in [2.05, 4.69) is 43.9 Å². The Balaban J connectivity index is 1.44. The molecular formula is C31H35NO5S. The van der Waals surface area contributed by atoms with Crippen molar-refractivity contribution < 1.29 is 23.8 Å². The molecule has 7 heteroatoms. The third-order valence-corrected chi connectivity index (χ3v) is 8.14. The number of hydrogen-bond acceptors (Lipinski definition) is 7. The second-order valence-corrected chi connectivity index (χ2v) is 10.9. The third kappa shape index (κ3) is 5.71. The largest absolute Gasteiger partial charge is 0.508 e. The van der Waals surface area contributed by atoms with Gasteiger partial charge in [0.25, 0.3) is 0 Å². The van der Waals surface area contributed by atoms with Crippen molar-refractivity contribution in [1.29, 1.82) is 0 Å². The zero-order valence-electron chi connectivity index (χ0n) is 22.3. The summed E-state index contributed by atoms with van der Waals surface area (Å²) in [5, 5.41) is 10.2. The molecule has 2 heterocycles. The van der Waals surface area contributed by atoms with Gasteiger partial charge in [-0.3, -0.25) is 4.90 Å². The second kappa shape index (κ2) is 11.8. The number of allylic oxidation sites excluding steroid dienone is 1. The van der Waals surface area contributed by atoms with Crippen LogP contribution in [0.25, 0.3) is 11.1 Å². The maximum Gasteiger partial charge on any atom is 0.150 e. The minimum absolute atomic E-state index is 0.203. The van der Waals surface area contributed by atoms with E-state index in [0.717, 1.165) is 75.3 Å². The first-order valence-corrected chi connectivity index (χ1v) is 13.8. The fourth-order valence-corrected chi connectivity index (χ4v) is 5.83. The smallest absolute Gasteiger partial charge is 0.150 e. The number of benzene rings is 3. The molecule has 0 amide bonds. The number of likely N-dealkylation sites (tertiary alicyclic amines) is 1. The number of phenols is 1. The van der Waals surface area contributed by atoms with E-state index < -0.39 is 0 Å². The topological polar surface area (TPSA) is 60.4 Å². The van der Waals surface area contributed by atoms with Crippen molar-refractivity contribution in [3.8, 4) is 17.2 Å². The van der Waals surface area contributed by atoms with Crippen LogP contribution in [0, 0.1) is 5.92 Å². The minimum Gasteiger partial charge on any atom is -0.508 e. The van der Waals surface area contributed by atoms with Gasteiger partial charge in [-0.25, -0.2) is 4.89 Å². The summed E-state index contributed by atoms with van der Waals surface area (Å²) in [4.78, 5) is 8.27. The van der Waals surface area contributed by atoms with E-state index in [-0.39, 0.29) is 11.9 Å². The zero-order valence-corrected chi connectivity index (χ0v) is 23.2. The number of aromatic hydroxyl groups is 1. The first-order valence-electron chi connectivity index (χ1n) is 13.1. The molecule has 200 valence electrons. The fraction of sp³-hybridized carbons (Fsp3) is 0.355. The SMILES string of the molecule is COOSc1ccccc1C1=C(C)c2cc(O)ccc2OC1c1ccc(OCC(C)N2CCC(C)C2)cc1. The number of rotatable bonds is 9. The highest BCUT2D eigenvalue weighted by Crippen LogP contribution is 2.49. The van der Waals surface area contributed by atoms with Crippen molar-refractivity contribution in [2.75, 3.05) is 26.8 Å². The molecule has 3 aromatic carbocycles. The predicted octanol–water partition coefficient (Wildman–Crippen LogP) is 7.15. The Bertz CT molecular complexity index is 1290. The number of fused-ring (bicyclic) bond motifs is 1. The lowest BCUT2D eigenvalue weighted by atomic mass is 9.86. The third-order valence-electron chi connectivity index (χ3n) is 7.40. The lowest BCUT2D eigenvalue weighted by Crippen LogP contribution is -2.35. The molecule has 0 saturated carbocycles. The summed E-state index contributed by atoms with van der Waals surface area (Å²) < 4.78 is 18.0. The summed E-state index contributed by atoms with van der Waals surface area (Å²) in [6.45, 7) is 9.57. The van der Waals surface area contributed by atoms with Crippen LogP contribution in [0.4, 0.5) is 0 Å². The number of phenolic OH excluding ortho intramolecular Hbond substituents is 1. The van der Waals surface area contributed by atoms with Crippen molar-refractivity contribution >= 4 is 23.2 Å².